The molecule has 170 valence electrons. The lowest BCUT2D eigenvalue weighted by atomic mass is 9.84. The van der Waals surface area contributed by atoms with Gasteiger partial charge in [-0.05, 0) is 51.2 Å². The Bertz CT molecular complexity index is 970. The van der Waals surface area contributed by atoms with E-state index < -0.39 is 10.0 Å². The van der Waals surface area contributed by atoms with E-state index in [1.54, 1.807) is 12.4 Å². The predicted octanol–water partition coefficient (Wildman–Crippen LogP) is 1.89. The number of piperidine rings is 1. The monoisotopic (exact) mass is 448 g/mol. The van der Waals surface area contributed by atoms with E-state index >= 15 is 0 Å². The molecule has 2 atom stereocenters. The van der Waals surface area contributed by atoms with Crippen molar-refractivity contribution in [2.45, 2.75) is 63.6 Å². The fourth-order valence-corrected chi connectivity index (χ4v) is 5.28. The Morgan fingerprint density at radius 1 is 1.19 bits per heavy atom. The Morgan fingerprint density at radius 3 is 2.55 bits per heavy atom. The standard InChI is InChI=1S/C21H32N6O3S/c1-15(2)27-13-16-5-6-19(25-31(3,28)29)18(20(16)24-27)14-30-17-7-11-26(12-8-17)21-22-9-4-10-23-21/h4,9-10,13,15,17-19,25H,5-8,11-12,14H2,1-3H3/t18-,19-/m0/s1. The van der Waals surface area contributed by atoms with Gasteiger partial charge in [0.15, 0.2) is 0 Å². The van der Waals surface area contributed by atoms with Crippen molar-refractivity contribution < 1.29 is 13.2 Å². The highest BCUT2D eigenvalue weighted by atomic mass is 32.2. The molecule has 1 saturated heterocycles. The first-order valence-electron chi connectivity index (χ1n) is 11.0. The van der Waals surface area contributed by atoms with Gasteiger partial charge in [-0.3, -0.25) is 4.68 Å². The Labute approximate surface area is 184 Å². The molecule has 10 heteroatoms. The highest BCUT2D eigenvalue weighted by molar-refractivity contribution is 7.88. The summed E-state index contributed by atoms with van der Waals surface area (Å²) in [5, 5.41) is 4.80. The summed E-state index contributed by atoms with van der Waals surface area (Å²) in [5.41, 5.74) is 2.17. The molecule has 2 aromatic heterocycles. The number of aryl methyl sites for hydroxylation is 1. The van der Waals surface area contributed by atoms with E-state index in [1.165, 1.54) is 11.8 Å². The van der Waals surface area contributed by atoms with Crippen LogP contribution in [-0.2, 0) is 21.2 Å². The Balaban J connectivity index is 1.42. The molecule has 1 fully saturated rings. The molecule has 0 bridgehead atoms. The van der Waals surface area contributed by atoms with E-state index in [9.17, 15) is 8.42 Å². The number of hydrogen-bond acceptors (Lipinski definition) is 7. The Hall–Kier alpha value is -2.04. The van der Waals surface area contributed by atoms with Crippen LogP contribution in [0.5, 0.6) is 0 Å². The van der Waals surface area contributed by atoms with Gasteiger partial charge in [-0.1, -0.05) is 0 Å². The van der Waals surface area contributed by atoms with Crippen molar-refractivity contribution in [3.05, 3.63) is 35.9 Å². The first kappa shape index (κ1) is 22.2. The van der Waals surface area contributed by atoms with E-state index in [4.69, 9.17) is 9.84 Å². The maximum Gasteiger partial charge on any atom is 0.225 e. The molecule has 0 aromatic carbocycles. The third kappa shape index (κ3) is 5.42. The smallest absolute Gasteiger partial charge is 0.225 e. The number of sulfonamides is 1. The van der Waals surface area contributed by atoms with Gasteiger partial charge in [0.1, 0.15) is 0 Å². The lowest BCUT2D eigenvalue weighted by Gasteiger charge is -2.35. The average Bonchev–Trinajstić information content (AvgIpc) is 3.18. The number of aromatic nitrogens is 4. The van der Waals surface area contributed by atoms with Crippen LogP contribution in [0.25, 0.3) is 0 Å². The maximum absolute atomic E-state index is 12.0. The fraction of sp³-hybridized carbons (Fsp3) is 0.667. The van der Waals surface area contributed by atoms with Crippen LogP contribution >= 0.6 is 0 Å². The molecule has 4 rings (SSSR count). The van der Waals surface area contributed by atoms with Gasteiger partial charge in [0.2, 0.25) is 16.0 Å². The number of nitrogens with zero attached hydrogens (tertiary/aromatic N) is 5. The van der Waals surface area contributed by atoms with Crippen LogP contribution in [0.1, 0.15) is 56.3 Å². The maximum atomic E-state index is 12.0. The van der Waals surface area contributed by atoms with Crippen LogP contribution in [0.3, 0.4) is 0 Å². The van der Waals surface area contributed by atoms with Gasteiger partial charge in [0, 0.05) is 49.7 Å². The number of ether oxygens (including phenoxy) is 1. The second-order valence-electron chi connectivity index (χ2n) is 8.82. The first-order chi connectivity index (χ1) is 14.8. The third-order valence-electron chi connectivity index (χ3n) is 6.08. The zero-order chi connectivity index (χ0) is 22.0. The minimum absolute atomic E-state index is 0.0889. The fourth-order valence-electron chi connectivity index (χ4n) is 4.44. The second kappa shape index (κ2) is 9.22. The van der Waals surface area contributed by atoms with E-state index in [1.807, 2.05) is 10.7 Å². The van der Waals surface area contributed by atoms with Gasteiger partial charge >= 0.3 is 0 Å². The summed E-state index contributed by atoms with van der Waals surface area (Å²) in [7, 11) is -3.31. The zero-order valence-corrected chi connectivity index (χ0v) is 19.3. The van der Waals surface area contributed by atoms with E-state index in [-0.39, 0.29) is 24.1 Å². The highest BCUT2D eigenvalue weighted by Crippen LogP contribution is 2.33. The molecule has 2 aromatic rings. The number of anilines is 1. The number of nitrogens with one attached hydrogen (secondary N) is 1. The number of fused-ring (bicyclic) bond motifs is 1. The van der Waals surface area contributed by atoms with Crippen molar-refractivity contribution >= 4 is 16.0 Å². The summed E-state index contributed by atoms with van der Waals surface area (Å²) in [6, 6.07) is 1.88. The first-order valence-corrected chi connectivity index (χ1v) is 12.9. The van der Waals surface area contributed by atoms with E-state index in [2.05, 4.69) is 39.6 Å². The van der Waals surface area contributed by atoms with Gasteiger partial charge in [-0.15, -0.1) is 0 Å². The number of hydrogen-bond donors (Lipinski definition) is 1. The summed E-state index contributed by atoms with van der Waals surface area (Å²) >= 11 is 0. The Kier molecular flexibility index (Phi) is 6.59. The van der Waals surface area contributed by atoms with Gasteiger partial charge in [0.05, 0.1) is 24.7 Å². The molecular formula is C21H32N6O3S. The topological polar surface area (TPSA) is 102 Å². The summed E-state index contributed by atoms with van der Waals surface area (Å²) in [6.45, 7) is 6.35. The highest BCUT2D eigenvalue weighted by Gasteiger charge is 2.35. The molecule has 31 heavy (non-hydrogen) atoms. The minimum Gasteiger partial charge on any atom is -0.377 e. The predicted molar refractivity (Wildman–Crippen MR) is 119 cm³/mol. The summed E-state index contributed by atoms with van der Waals surface area (Å²) in [5.74, 6) is 0.670. The molecule has 1 N–H and O–H groups in total. The molecule has 0 unspecified atom stereocenters. The molecule has 1 aliphatic carbocycles. The lowest BCUT2D eigenvalue weighted by Crippen LogP contribution is -2.44. The van der Waals surface area contributed by atoms with Gasteiger partial charge < -0.3 is 9.64 Å². The largest absolute Gasteiger partial charge is 0.377 e. The van der Waals surface area contributed by atoms with Crippen molar-refractivity contribution in [1.29, 1.82) is 0 Å². The van der Waals surface area contributed by atoms with Gasteiger partial charge in [0.25, 0.3) is 0 Å². The van der Waals surface area contributed by atoms with Crippen molar-refractivity contribution in [3.8, 4) is 0 Å². The molecule has 0 spiro atoms. The normalized spacial score (nSPS) is 22.6. The molecule has 1 aliphatic heterocycles. The average molecular weight is 449 g/mol. The molecule has 3 heterocycles. The molecule has 0 saturated carbocycles. The van der Waals surface area contributed by atoms with Crippen molar-refractivity contribution in [2.24, 2.45) is 0 Å². The lowest BCUT2D eigenvalue weighted by molar-refractivity contribution is 0.0215. The summed E-state index contributed by atoms with van der Waals surface area (Å²) in [6.07, 6.45) is 10.3. The minimum atomic E-state index is -3.31. The third-order valence-corrected chi connectivity index (χ3v) is 6.82. The van der Waals surface area contributed by atoms with Crippen molar-refractivity contribution in [1.82, 2.24) is 24.5 Å². The zero-order valence-electron chi connectivity index (χ0n) is 18.4. The Morgan fingerprint density at radius 2 is 1.90 bits per heavy atom. The van der Waals surface area contributed by atoms with Crippen LogP contribution in [0, 0.1) is 0 Å². The van der Waals surface area contributed by atoms with E-state index in [0.29, 0.717) is 6.61 Å². The SMILES string of the molecule is CC(C)n1cc2c(n1)[C@@H](COC1CCN(c3ncccn3)CC1)[C@@H](NS(C)(=O)=O)CC2. The molecule has 2 aliphatic rings. The quantitative estimate of drug-likeness (QED) is 0.690. The molecule has 0 radical (unpaired) electrons. The number of rotatable bonds is 7. The second-order valence-corrected chi connectivity index (χ2v) is 10.6. The van der Waals surface area contributed by atoms with Crippen LogP contribution in [-0.4, -0.2) is 66.3 Å². The molecule has 9 nitrogen and oxygen atoms in total. The van der Waals surface area contributed by atoms with Crippen LogP contribution in [0.4, 0.5) is 5.95 Å². The van der Waals surface area contributed by atoms with Gasteiger partial charge in [-0.25, -0.2) is 23.1 Å². The molecule has 0 amide bonds. The van der Waals surface area contributed by atoms with Crippen molar-refractivity contribution in [2.75, 3.05) is 30.9 Å². The van der Waals surface area contributed by atoms with E-state index in [0.717, 1.165) is 50.4 Å². The van der Waals surface area contributed by atoms with Crippen LogP contribution in [0.15, 0.2) is 24.7 Å². The summed E-state index contributed by atoms with van der Waals surface area (Å²) < 4.78 is 35.0. The van der Waals surface area contributed by atoms with Crippen LogP contribution < -0.4 is 9.62 Å². The van der Waals surface area contributed by atoms with Crippen LogP contribution in [0.2, 0.25) is 0 Å². The van der Waals surface area contributed by atoms with Crippen molar-refractivity contribution in [3.63, 3.8) is 0 Å². The summed E-state index contributed by atoms with van der Waals surface area (Å²) in [4.78, 5) is 10.8. The molecular weight excluding hydrogens is 416 g/mol. The van der Waals surface area contributed by atoms with Gasteiger partial charge in [-0.2, -0.15) is 5.10 Å².